The van der Waals surface area contributed by atoms with E-state index in [4.69, 9.17) is 4.74 Å². The van der Waals surface area contributed by atoms with Crippen molar-refractivity contribution in [1.29, 1.82) is 0 Å². The zero-order valence-corrected chi connectivity index (χ0v) is 21.7. The van der Waals surface area contributed by atoms with Gasteiger partial charge in [-0.15, -0.1) is 0 Å². The molecule has 1 aliphatic heterocycles. The Morgan fingerprint density at radius 2 is 1.71 bits per heavy atom. The van der Waals surface area contributed by atoms with Crippen LogP contribution in [0.1, 0.15) is 76.1 Å². The van der Waals surface area contributed by atoms with Crippen LogP contribution in [0.5, 0.6) is 5.75 Å². The Bertz CT molecular complexity index is 1250. The minimum absolute atomic E-state index is 0.194. The van der Waals surface area contributed by atoms with Crippen LogP contribution in [0.3, 0.4) is 0 Å². The molecule has 5 heteroatoms. The van der Waals surface area contributed by atoms with Gasteiger partial charge in [-0.1, -0.05) is 64.1 Å². The van der Waals surface area contributed by atoms with Gasteiger partial charge < -0.3 is 4.74 Å². The first-order valence-electron chi connectivity index (χ1n) is 12.0. The average molecular weight is 478 g/mol. The topological polar surface area (TPSA) is 55.7 Å². The van der Waals surface area contributed by atoms with Crippen molar-refractivity contribution in [3.05, 3.63) is 76.3 Å². The standard InChI is InChI=1S/C29H35NO3S/c1-21(23-8-11-26-27(19-23)29(4,5)14-13-28(26,2)3)18-22-6-9-24(10-7-22)33-16-12-25-20-30-15-17-34(25,31)32/h6-11,15,17-20,25H,12-14,16H2,1-5H3/b21-18+. The van der Waals surface area contributed by atoms with E-state index in [9.17, 15) is 8.42 Å². The second-order valence-electron chi connectivity index (χ2n) is 10.8. The summed E-state index contributed by atoms with van der Waals surface area (Å²) in [5.41, 5.74) is 6.96. The van der Waals surface area contributed by atoms with Crippen LogP contribution in [0, 0.1) is 0 Å². The van der Waals surface area contributed by atoms with Gasteiger partial charge in [0.05, 0.1) is 6.61 Å². The molecule has 0 saturated heterocycles. The number of allylic oxidation sites excluding steroid dienone is 1. The quantitative estimate of drug-likeness (QED) is 0.435. The number of sulfone groups is 1. The fourth-order valence-electron chi connectivity index (χ4n) is 4.81. The Hall–Kier alpha value is -2.66. The maximum atomic E-state index is 12.0. The van der Waals surface area contributed by atoms with Crippen LogP contribution in [0.15, 0.2) is 59.1 Å². The maximum absolute atomic E-state index is 12.0. The zero-order valence-electron chi connectivity index (χ0n) is 20.8. The molecule has 0 radical (unpaired) electrons. The third-order valence-corrected chi connectivity index (χ3v) is 8.96. The van der Waals surface area contributed by atoms with Gasteiger partial charge in [-0.25, -0.2) is 8.42 Å². The highest BCUT2D eigenvalue weighted by Crippen LogP contribution is 2.46. The number of aliphatic imine (C=N–C) groups is 1. The molecule has 1 unspecified atom stereocenters. The molecule has 180 valence electrons. The minimum Gasteiger partial charge on any atom is -0.494 e. The summed E-state index contributed by atoms with van der Waals surface area (Å²) in [4.78, 5) is 3.94. The summed E-state index contributed by atoms with van der Waals surface area (Å²) in [7, 11) is -3.26. The third-order valence-electron chi connectivity index (χ3n) is 7.25. The van der Waals surface area contributed by atoms with Crippen molar-refractivity contribution >= 4 is 27.7 Å². The van der Waals surface area contributed by atoms with Crippen LogP contribution in [-0.2, 0) is 20.7 Å². The zero-order chi connectivity index (χ0) is 24.6. The van der Waals surface area contributed by atoms with E-state index >= 15 is 0 Å². The van der Waals surface area contributed by atoms with Crippen molar-refractivity contribution < 1.29 is 13.2 Å². The van der Waals surface area contributed by atoms with E-state index in [2.05, 4.69) is 63.9 Å². The Kier molecular flexibility index (Phi) is 6.61. The Balaban J connectivity index is 1.44. The molecule has 2 aliphatic rings. The van der Waals surface area contributed by atoms with Gasteiger partial charge in [0.1, 0.15) is 11.0 Å². The summed E-state index contributed by atoms with van der Waals surface area (Å²) >= 11 is 0. The number of hydrogen-bond acceptors (Lipinski definition) is 4. The van der Waals surface area contributed by atoms with E-state index in [1.54, 1.807) is 0 Å². The number of nitrogens with zero attached hydrogens (tertiary/aromatic N) is 1. The predicted molar refractivity (Wildman–Crippen MR) is 142 cm³/mol. The van der Waals surface area contributed by atoms with E-state index < -0.39 is 15.1 Å². The number of hydrogen-bond donors (Lipinski definition) is 0. The van der Waals surface area contributed by atoms with Gasteiger partial charge in [-0.3, -0.25) is 4.99 Å². The summed E-state index contributed by atoms with van der Waals surface area (Å²) in [5.74, 6) is 0.730. The Labute approximate surface area is 204 Å². The van der Waals surface area contributed by atoms with Crippen LogP contribution < -0.4 is 4.74 Å². The van der Waals surface area contributed by atoms with Crippen LogP contribution in [0.2, 0.25) is 0 Å². The lowest BCUT2D eigenvalue weighted by Crippen LogP contribution is -2.33. The van der Waals surface area contributed by atoms with Crippen LogP contribution in [0.25, 0.3) is 11.6 Å². The highest BCUT2D eigenvalue weighted by molar-refractivity contribution is 7.95. The van der Waals surface area contributed by atoms with E-state index in [0.717, 1.165) is 16.7 Å². The second kappa shape index (κ2) is 9.18. The smallest absolute Gasteiger partial charge is 0.181 e. The molecule has 0 amide bonds. The summed E-state index contributed by atoms with van der Waals surface area (Å²) in [6.45, 7) is 11.9. The predicted octanol–water partition coefficient (Wildman–Crippen LogP) is 6.70. The lowest BCUT2D eigenvalue weighted by atomic mass is 9.63. The maximum Gasteiger partial charge on any atom is 0.181 e. The molecular formula is C29H35NO3S. The van der Waals surface area contributed by atoms with E-state index in [1.165, 1.54) is 47.5 Å². The van der Waals surface area contributed by atoms with Crippen LogP contribution in [-0.4, -0.2) is 26.5 Å². The molecule has 0 aromatic heterocycles. The fourth-order valence-corrected chi connectivity index (χ4v) is 5.92. The van der Waals surface area contributed by atoms with Crippen molar-refractivity contribution in [2.24, 2.45) is 4.99 Å². The molecule has 0 bridgehead atoms. The molecule has 34 heavy (non-hydrogen) atoms. The average Bonchev–Trinajstić information content (AvgIpc) is 2.79. The highest BCUT2D eigenvalue weighted by Gasteiger charge is 2.36. The molecule has 1 aliphatic carbocycles. The highest BCUT2D eigenvalue weighted by atomic mass is 32.2. The molecule has 1 heterocycles. The van der Waals surface area contributed by atoms with Crippen molar-refractivity contribution in [2.45, 2.75) is 70.0 Å². The van der Waals surface area contributed by atoms with Gasteiger partial charge in [0.25, 0.3) is 0 Å². The monoisotopic (exact) mass is 477 g/mol. The van der Waals surface area contributed by atoms with Gasteiger partial charge in [0.15, 0.2) is 9.84 Å². The molecule has 1 atom stereocenters. The van der Waals surface area contributed by atoms with Gasteiger partial charge in [-0.05, 0) is 70.6 Å². The van der Waals surface area contributed by atoms with Crippen molar-refractivity contribution in [2.75, 3.05) is 6.61 Å². The number of benzene rings is 2. The molecule has 0 N–H and O–H groups in total. The molecule has 0 saturated carbocycles. The van der Waals surface area contributed by atoms with Gasteiger partial charge in [0, 0.05) is 24.2 Å². The van der Waals surface area contributed by atoms with Gasteiger partial charge in [0.2, 0.25) is 0 Å². The largest absolute Gasteiger partial charge is 0.494 e. The first kappa shape index (κ1) is 24.5. The van der Waals surface area contributed by atoms with Crippen LogP contribution >= 0.6 is 0 Å². The molecule has 2 aromatic carbocycles. The van der Waals surface area contributed by atoms with Gasteiger partial charge in [-0.2, -0.15) is 0 Å². The number of rotatable bonds is 6. The lowest BCUT2D eigenvalue weighted by Gasteiger charge is -2.42. The minimum atomic E-state index is -3.26. The van der Waals surface area contributed by atoms with Crippen molar-refractivity contribution in [3.63, 3.8) is 0 Å². The summed E-state index contributed by atoms with van der Waals surface area (Å²) < 4.78 is 29.8. The second-order valence-corrected chi connectivity index (χ2v) is 12.8. The van der Waals surface area contributed by atoms with E-state index in [-0.39, 0.29) is 10.8 Å². The molecule has 0 spiro atoms. The Morgan fingerprint density at radius 1 is 1.03 bits per heavy atom. The van der Waals surface area contributed by atoms with Gasteiger partial charge >= 0.3 is 0 Å². The Morgan fingerprint density at radius 3 is 2.38 bits per heavy atom. The molecule has 0 fully saturated rings. The molecular weight excluding hydrogens is 442 g/mol. The molecule has 2 aromatic rings. The molecule has 4 nitrogen and oxygen atoms in total. The summed E-state index contributed by atoms with van der Waals surface area (Å²) in [5, 5.41) is 0.542. The van der Waals surface area contributed by atoms with Crippen LogP contribution in [0.4, 0.5) is 0 Å². The lowest BCUT2D eigenvalue weighted by molar-refractivity contribution is 0.314. The molecule has 4 rings (SSSR count). The summed E-state index contributed by atoms with van der Waals surface area (Å²) in [6, 6.07) is 14.9. The number of ether oxygens (including phenoxy) is 1. The number of fused-ring (bicyclic) bond motifs is 1. The SMILES string of the molecule is C/C(=C\c1ccc(OCCC2C=NC=CS2(=O)=O)cc1)c1ccc2c(c1)C(C)(C)CCC2(C)C. The van der Waals surface area contributed by atoms with Crippen molar-refractivity contribution in [1.82, 2.24) is 0 Å². The third kappa shape index (κ3) is 5.20. The first-order valence-corrected chi connectivity index (χ1v) is 13.6. The first-order chi connectivity index (χ1) is 16.0. The summed E-state index contributed by atoms with van der Waals surface area (Å²) in [6.07, 6.45) is 7.78. The van der Waals surface area contributed by atoms with E-state index in [0.29, 0.717) is 13.0 Å². The van der Waals surface area contributed by atoms with E-state index in [1.807, 2.05) is 24.3 Å². The fraction of sp³-hybridized carbons (Fsp3) is 0.414. The normalized spacial score (nSPS) is 22.3. The van der Waals surface area contributed by atoms with Crippen molar-refractivity contribution in [3.8, 4) is 5.75 Å².